The molecule has 5 heteroatoms. The standard InChI is InChI=1S/C16H34N2O3/c1-7-21-15(19)16(4,17-5)10-8-9-11-18(14(2)3)12-13-20-6/h14,17H,7-13H2,1-6H3. The molecule has 1 atom stereocenters. The zero-order valence-corrected chi connectivity index (χ0v) is 14.7. The molecule has 126 valence electrons. The Kier molecular flexibility index (Phi) is 10.6. The molecule has 0 fully saturated rings. The molecule has 0 heterocycles. The molecule has 0 aliphatic rings. The topological polar surface area (TPSA) is 50.8 Å². The van der Waals surface area contributed by atoms with Crippen LogP contribution in [-0.2, 0) is 14.3 Å². The lowest BCUT2D eigenvalue weighted by Gasteiger charge is -2.28. The van der Waals surface area contributed by atoms with Gasteiger partial charge in [-0.1, -0.05) is 0 Å². The van der Waals surface area contributed by atoms with Crippen LogP contribution in [0.2, 0.25) is 0 Å². The summed E-state index contributed by atoms with van der Waals surface area (Å²) in [6.45, 7) is 11.3. The van der Waals surface area contributed by atoms with Gasteiger partial charge in [0.25, 0.3) is 0 Å². The quantitative estimate of drug-likeness (QED) is 0.442. The Morgan fingerprint density at radius 3 is 2.43 bits per heavy atom. The lowest BCUT2D eigenvalue weighted by atomic mass is 9.95. The summed E-state index contributed by atoms with van der Waals surface area (Å²) in [7, 11) is 3.55. The van der Waals surface area contributed by atoms with Crippen molar-refractivity contribution in [3.8, 4) is 0 Å². The van der Waals surface area contributed by atoms with Crippen LogP contribution in [0.4, 0.5) is 0 Å². The number of unbranched alkanes of at least 4 members (excludes halogenated alkanes) is 1. The molecule has 0 spiro atoms. The number of hydrogen-bond acceptors (Lipinski definition) is 5. The van der Waals surface area contributed by atoms with Crippen molar-refractivity contribution < 1.29 is 14.3 Å². The molecule has 0 saturated carbocycles. The van der Waals surface area contributed by atoms with E-state index in [-0.39, 0.29) is 5.97 Å². The lowest BCUT2D eigenvalue weighted by molar-refractivity contribution is -0.150. The third-order valence-electron chi connectivity index (χ3n) is 3.96. The Morgan fingerprint density at radius 2 is 1.95 bits per heavy atom. The highest BCUT2D eigenvalue weighted by Gasteiger charge is 2.32. The first-order valence-electron chi connectivity index (χ1n) is 8.00. The molecular formula is C16H34N2O3. The Bertz CT molecular complexity index is 285. The molecule has 5 nitrogen and oxygen atoms in total. The third-order valence-corrected chi connectivity index (χ3v) is 3.96. The molecule has 1 unspecified atom stereocenters. The van der Waals surface area contributed by atoms with Gasteiger partial charge in [0.05, 0.1) is 13.2 Å². The fraction of sp³-hybridized carbons (Fsp3) is 0.938. The van der Waals surface area contributed by atoms with Crippen molar-refractivity contribution in [2.75, 3.05) is 40.5 Å². The van der Waals surface area contributed by atoms with Gasteiger partial charge in [-0.15, -0.1) is 0 Å². The molecule has 0 saturated heterocycles. The molecule has 21 heavy (non-hydrogen) atoms. The number of likely N-dealkylation sites (N-methyl/N-ethyl adjacent to an activating group) is 1. The van der Waals surface area contributed by atoms with E-state index in [2.05, 4.69) is 24.1 Å². The predicted molar refractivity (Wildman–Crippen MR) is 86.5 cm³/mol. The first kappa shape index (κ1) is 20.3. The molecule has 0 aliphatic heterocycles. The van der Waals surface area contributed by atoms with Gasteiger partial charge < -0.3 is 14.8 Å². The second-order valence-corrected chi connectivity index (χ2v) is 5.88. The number of esters is 1. The largest absolute Gasteiger partial charge is 0.465 e. The average molecular weight is 302 g/mol. The van der Waals surface area contributed by atoms with Crippen molar-refractivity contribution in [1.29, 1.82) is 0 Å². The van der Waals surface area contributed by atoms with Crippen molar-refractivity contribution in [2.24, 2.45) is 0 Å². The van der Waals surface area contributed by atoms with Crippen LogP contribution in [0.5, 0.6) is 0 Å². The zero-order chi connectivity index (χ0) is 16.3. The lowest BCUT2D eigenvalue weighted by Crippen LogP contribution is -2.48. The van der Waals surface area contributed by atoms with E-state index in [4.69, 9.17) is 9.47 Å². The van der Waals surface area contributed by atoms with Gasteiger partial charge in [0.1, 0.15) is 5.54 Å². The van der Waals surface area contributed by atoms with Gasteiger partial charge in [-0.3, -0.25) is 9.69 Å². The summed E-state index contributed by atoms with van der Waals surface area (Å²) in [4.78, 5) is 14.4. The van der Waals surface area contributed by atoms with Crippen molar-refractivity contribution in [2.45, 2.75) is 58.5 Å². The summed E-state index contributed by atoms with van der Waals surface area (Å²) in [5, 5.41) is 3.10. The van der Waals surface area contributed by atoms with Crippen LogP contribution in [0.3, 0.4) is 0 Å². The van der Waals surface area contributed by atoms with E-state index in [1.807, 2.05) is 20.9 Å². The maximum atomic E-state index is 12.0. The third kappa shape index (κ3) is 7.79. The fourth-order valence-electron chi connectivity index (χ4n) is 2.25. The summed E-state index contributed by atoms with van der Waals surface area (Å²) in [6, 6.07) is 0.515. The van der Waals surface area contributed by atoms with E-state index in [1.165, 1.54) is 0 Å². The van der Waals surface area contributed by atoms with Gasteiger partial charge in [0.2, 0.25) is 0 Å². The molecule has 0 aromatic carbocycles. The summed E-state index contributed by atoms with van der Waals surface area (Å²) in [5.74, 6) is -0.160. The van der Waals surface area contributed by atoms with Gasteiger partial charge in [-0.25, -0.2) is 0 Å². The first-order chi connectivity index (χ1) is 9.91. The zero-order valence-electron chi connectivity index (χ0n) is 14.7. The van der Waals surface area contributed by atoms with Crippen LogP contribution in [-0.4, -0.2) is 62.9 Å². The highest BCUT2D eigenvalue weighted by molar-refractivity contribution is 5.80. The van der Waals surface area contributed by atoms with Crippen molar-refractivity contribution in [3.05, 3.63) is 0 Å². The summed E-state index contributed by atoms with van der Waals surface area (Å²) in [5.41, 5.74) is -0.578. The molecule has 0 radical (unpaired) electrons. The predicted octanol–water partition coefficient (Wildman–Crippen LogP) is 2.05. The number of nitrogens with one attached hydrogen (secondary N) is 1. The number of nitrogens with zero attached hydrogens (tertiary/aromatic N) is 1. The Morgan fingerprint density at radius 1 is 1.29 bits per heavy atom. The summed E-state index contributed by atoms with van der Waals surface area (Å²) in [6.07, 6.45) is 2.85. The second-order valence-electron chi connectivity index (χ2n) is 5.88. The number of carbonyl (C=O) groups is 1. The number of carbonyl (C=O) groups excluding carboxylic acids is 1. The highest BCUT2D eigenvalue weighted by atomic mass is 16.5. The molecule has 1 N–H and O–H groups in total. The molecule has 0 aliphatic carbocycles. The molecule has 0 aromatic rings. The van der Waals surface area contributed by atoms with Gasteiger partial charge in [0.15, 0.2) is 0 Å². The van der Waals surface area contributed by atoms with Crippen molar-refractivity contribution in [3.63, 3.8) is 0 Å². The molecule has 0 bridgehead atoms. The second kappa shape index (κ2) is 11.0. The minimum Gasteiger partial charge on any atom is -0.465 e. The molecule has 0 amide bonds. The van der Waals surface area contributed by atoms with E-state index in [0.717, 1.165) is 39.0 Å². The molecular weight excluding hydrogens is 268 g/mol. The van der Waals surface area contributed by atoms with E-state index in [9.17, 15) is 4.79 Å². The summed E-state index contributed by atoms with van der Waals surface area (Å²) < 4.78 is 10.3. The number of ether oxygens (including phenoxy) is 2. The van der Waals surface area contributed by atoms with Crippen LogP contribution in [0.25, 0.3) is 0 Å². The highest BCUT2D eigenvalue weighted by Crippen LogP contribution is 2.16. The van der Waals surface area contributed by atoms with E-state index in [1.54, 1.807) is 7.11 Å². The van der Waals surface area contributed by atoms with Gasteiger partial charge in [-0.05, 0) is 60.5 Å². The van der Waals surface area contributed by atoms with Crippen LogP contribution in [0.1, 0.15) is 47.0 Å². The summed E-state index contributed by atoms with van der Waals surface area (Å²) >= 11 is 0. The van der Waals surface area contributed by atoms with Crippen molar-refractivity contribution >= 4 is 5.97 Å². The van der Waals surface area contributed by atoms with Gasteiger partial charge >= 0.3 is 5.97 Å². The van der Waals surface area contributed by atoms with Crippen LogP contribution < -0.4 is 5.32 Å². The fourth-order valence-corrected chi connectivity index (χ4v) is 2.25. The van der Waals surface area contributed by atoms with Crippen LogP contribution in [0.15, 0.2) is 0 Å². The average Bonchev–Trinajstić information content (AvgIpc) is 2.46. The molecule has 0 rings (SSSR count). The van der Waals surface area contributed by atoms with E-state index in [0.29, 0.717) is 12.6 Å². The SMILES string of the molecule is CCOC(=O)C(C)(CCCCN(CCOC)C(C)C)NC. The Labute approximate surface area is 130 Å². The molecule has 0 aromatic heterocycles. The minimum atomic E-state index is -0.578. The van der Waals surface area contributed by atoms with E-state index >= 15 is 0 Å². The number of hydrogen-bond donors (Lipinski definition) is 1. The van der Waals surface area contributed by atoms with Gasteiger partial charge in [-0.2, -0.15) is 0 Å². The minimum absolute atomic E-state index is 0.160. The normalized spacial score (nSPS) is 14.5. The maximum Gasteiger partial charge on any atom is 0.326 e. The van der Waals surface area contributed by atoms with Crippen LogP contribution in [0, 0.1) is 0 Å². The Hall–Kier alpha value is -0.650. The monoisotopic (exact) mass is 302 g/mol. The van der Waals surface area contributed by atoms with E-state index < -0.39 is 5.54 Å². The van der Waals surface area contributed by atoms with Gasteiger partial charge in [0, 0.05) is 19.7 Å². The maximum absolute atomic E-state index is 12.0. The van der Waals surface area contributed by atoms with Crippen LogP contribution >= 0.6 is 0 Å². The Balaban J connectivity index is 4.17. The van der Waals surface area contributed by atoms with Crippen molar-refractivity contribution in [1.82, 2.24) is 10.2 Å². The number of rotatable bonds is 12. The first-order valence-corrected chi connectivity index (χ1v) is 8.00. The number of methoxy groups -OCH3 is 1. The smallest absolute Gasteiger partial charge is 0.326 e.